The molecule has 0 aliphatic heterocycles. The van der Waals surface area contributed by atoms with Gasteiger partial charge in [0.25, 0.3) is 10.0 Å². The Morgan fingerprint density at radius 1 is 1.52 bits per heavy atom. The van der Waals surface area contributed by atoms with E-state index in [1.165, 1.54) is 17.5 Å². The maximum atomic E-state index is 12.4. The molecule has 0 aliphatic rings. The van der Waals surface area contributed by atoms with E-state index in [1.54, 1.807) is 30.3 Å². The topological polar surface area (TPSA) is 93.5 Å². The van der Waals surface area contributed by atoms with Gasteiger partial charge in [0, 0.05) is 13.3 Å². The van der Waals surface area contributed by atoms with E-state index < -0.39 is 10.0 Å². The lowest BCUT2D eigenvalue weighted by Gasteiger charge is -2.07. The average molecular weight is 331 g/mol. The molecule has 2 heterocycles. The number of hydrogen-bond acceptors (Lipinski definition) is 6. The number of nitrogens with zero attached hydrogens (tertiary/aromatic N) is 2. The van der Waals surface area contributed by atoms with E-state index in [-0.39, 0.29) is 11.5 Å². The number of aryl methyl sites for hydroxylation is 1. The van der Waals surface area contributed by atoms with E-state index in [9.17, 15) is 13.5 Å². The Morgan fingerprint density at radius 3 is 2.95 bits per heavy atom. The van der Waals surface area contributed by atoms with E-state index in [0.29, 0.717) is 29.3 Å². The van der Waals surface area contributed by atoms with Crippen LogP contribution in [0.15, 0.2) is 22.7 Å². The molecule has 2 aromatic rings. The third-order valence-electron chi connectivity index (χ3n) is 2.81. The van der Waals surface area contributed by atoms with Crippen molar-refractivity contribution >= 4 is 27.0 Å². The quantitative estimate of drug-likeness (QED) is 0.795. The first-order chi connectivity index (χ1) is 9.97. The Morgan fingerprint density at radius 2 is 2.29 bits per heavy atom. The maximum absolute atomic E-state index is 12.4. The minimum absolute atomic E-state index is 0.139. The summed E-state index contributed by atoms with van der Waals surface area (Å²) in [4.78, 5) is 0.561. The second-order valence-electron chi connectivity index (χ2n) is 4.42. The third-order valence-corrected chi connectivity index (χ3v) is 5.64. The molecule has 2 N–H and O–H groups in total. The van der Waals surface area contributed by atoms with Crippen LogP contribution in [-0.4, -0.2) is 37.0 Å². The monoisotopic (exact) mass is 331 g/mol. The predicted octanol–water partition coefficient (Wildman–Crippen LogP) is 1.19. The summed E-state index contributed by atoms with van der Waals surface area (Å²) >= 11 is 1.22. The van der Waals surface area contributed by atoms with Gasteiger partial charge in [-0.15, -0.1) is 11.3 Å². The van der Waals surface area contributed by atoms with Crippen molar-refractivity contribution in [1.82, 2.24) is 9.78 Å². The standard InChI is InChI=1S/C12H17N3O4S2/c1-9-8-20-11(7-16)12(9)21(17,18)14-10-5-13-15(6-10)3-4-19-2/h5-6,8,14,16H,3-4,7H2,1-2H3. The van der Waals surface area contributed by atoms with Crippen molar-refractivity contribution in [1.29, 1.82) is 0 Å². The van der Waals surface area contributed by atoms with Gasteiger partial charge >= 0.3 is 0 Å². The van der Waals surface area contributed by atoms with Crippen LogP contribution in [0, 0.1) is 6.92 Å². The molecular formula is C12H17N3O4S2. The molecule has 9 heteroatoms. The van der Waals surface area contributed by atoms with E-state index in [1.807, 2.05) is 0 Å². The highest BCUT2D eigenvalue weighted by Gasteiger charge is 2.23. The number of methoxy groups -OCH3 is 1. The van der Waals surface area contributed by atoms with Gasteiger partial charge in [0.2, 0.25) is 0 Å². The third kappa shape index (κ3) is 3.62. The number of nitrogens with one attached hydrogen (secondary N) is 1. The maximum Gasteiger partial charge on any atom is 0.263 e. The van der Waals surface area contributed by atoms with Gasteiger partial charge in [-0.3, -0.25) is 9.40 Å². The Kier molecular flexibility index (Phi) is 4.99. The minimum atomic E-state index is -3.73. The number of ether oxygens (including phenoxy) is 1. The Balaban J connectivity index is 2.21. The van der Waals surface area contributed by atoms with Crippen LogP contribution >= 0.6 is 11.3 Å². The highest BCUT2D eigenvalue weighted by molar-refractivity contribution is 7.93. The average Bonchev–Trinajstić information content (AvgIpc) is 3.02. The number of aliphatic hydroxyl groups is 1. The number of aliphatic hydroxyl groups excluding tert-OH is 1. The molecule has 0 saturated heterocycles. The van der Waals surface area contributed by atoms with Crippen LogP contribution in [0.3, 0.4) is 0 Å². The van der Waals surface area contributed by atoms with Crippen LogP contribution in [0.2, 0.25) is 0 Å². The van der Waals surface area contributed by atoms with Gasteiger partial charge in [-0.05, 0) is 17.9 Å². The van der Waals surface area contributed by atoms with Crippen molar-refractivity contribution in [2.75, 3.05) is 18.4 Å². The zero-order valence-electron chi connectivity index (χ0n) is 11.7. The van der Waals surface area contributed by atoms with Crippen LogP contribution in [0.25, 0.3) is 0 Å². The van der Waals surface area contributed by atoms with Crippen molar-refractivity contribution in [2.45, 2.75) is 25.0 Å². The molecule has 7 nitrogen and oxygen atoms in total. The highest BCUT2D eigenvalue weighted by atomic mass is 32.2. The van der Waals surface area contributed by atoms with Gasteiger partial charge in [-0.1, -0.05) is 0 Å². The predicted molar refractivity (Wildman–Crippen MR) is 79.9 cm³/mol. The van der Waals surface area contributed by atoms with Crippen LogP contribution in [0.1, 0.15) is 10.4 Å². The smallest absolute Gasteiger partial charge is 0.263 e. The van der Waals surface area contributed by atoms with Crippen molar-refractivity contribution in [3.8, 4) is 0 Å². The Labute approximate surface area is 127 Å². The van der Waals surface area contributed by atoms with Gasteiger partial charge < -0.3 is 9.84 Å². The lowest BCUT2D eigenvalue weighted by atomic mass is 10.3. The molecule has 0 aliphatic carbocycles. The molecule has 0 radical (unpaired) electrons. The van der Waals surface area contributed by atoms with Crippen LogP contribution < -0.4 is 4.72 Å². The number of thiophene rings is 1. The number of rotatable bonds is 7. The first kappa shape index (κ1) is 16.0. The largest absolute Gasteiger partial charge is 0.391 e. The van der Waals surface area contributed by atoms with Gasteiger partial charge in [-0.25, -0.2) is 8.42 Å². The molecule has 0 atom stereocenters. The molecule has 0 aromatic carbocycles. The van der Waals surface area contributed by atoms with Crippen LogP contribution in [-0.2, 0) is 27.9 Å². The van der Waals surface area contributed by atoms with Crippen LogP contribution in [0.5, 0.6) is 0 Å². The SMILES string of the molecule is COCCn1cc(NS(=O)(=O)c2c(C)csc2CO)cn1. The Hall–Kier alpha value is -1.42. The Bertz CT molecular complexity index is 706. The van der Waals surface area contributed by atoms with Gasteiger partial charge in [0.1, 0.15) is 4.90 Å². The zero-order valence-corrected chi connectivity index (χ0v) is 13.4. The molecule has 0 bridgehead atoms. The minimum Gasteiger partial charge on any atom is -0.391 e. The zero-order chi connectivity index (χ0) is 15.5. The van der Waals surface area contributed by atoms with Crippen LogP contribution in [0.4, 0.5) is 5.69 Å². The van der Waals surface area contributed by atoms with Gasteiger partial charge in [-0.2, -0.15) is 5.10 Å². The molecule has 2 rings (SSSR count). The summed E-state index contributed by atoms with van der Waals surface area (Å²) in [5.41, 5.74) is 0.990. The number of anilines is 1. The fourth-order valence-electron chi connectivity index (χ4n) is 1.89. The van der Waals surface area contributed by atoms with Crippen molar-refractivity contribution in [3.63, 3.8) is 0 Å². The fraction of sp³-hybridized carbons (Fsp3) is 0.417. The molecule has 0 spiro atoms. The van der Waals surface area contributed by atoms with Crippen molar-refractivity contribution < 1.29 is 18.3 Å². The van der Waals surface area contributed by atoms with E-state index in [4.69, 9.17) is 4.74 Å². The summed E-state index contributed by atoms with van der Waals surface area (Å²) in [6, 6.07) is 0. The number of aromatic nitrogens is 2. The molecule has 0 fully saturated rings. The summed E-state index contributed by atoms with van der Waals surface area (Å²) in [6.45, 7) is 2.43. The summed E-state index contributed by atoms with van der Waals surface area (Å²) < 4.78 is 33.8. The van der Waals surface area contributed by atoms with E-state index in [2.05, 4.69) is 9.82 Å². The molecule has 2 aromatic heterocycles. The van der Waals surface area contributed by atoms with Crippen molar-refractivity contribution in [3.05, 3.63) is 28.2 Å². The summed E-state index contributed by atoms with van der Waals surface area (Å²) in [5.74, 6) is 0. The first-order valence-electron chi connectivity index (χ1n) is 6.20. The molecule has 0 saturated carbocycles. The summed E-state index contributed by atoms with van der Waals surface area (Å²) in [6.07, 6.45) is 3.03. The molecule has 0 amide bonds. The summed E-state index contributed by atoms with van der Waals surface area (Å²) in [5, 5.41) is 15.0. The molecule has 116 valence electrons. The van der Waals surface area contributed by atoms with E-state index in [0.717, 1.165) is 0 Å². The lowest BCUT2D eigenvalue weighted by molar-refractivity contribution is 0.183. The summed E-state index contributed by atoms with van der Waals surface area (Å²) in [7, 11) is -2.15. The second kappa shape index (κ2) is 6.56. The fourth-order valence-corrected chi connectivity index (χ4v) is 4.58. The number of hydrogen-bond donors (Lipinski definition) is 2. The second-order valence-corrected chi connectivity index (χ2v) is 7.00. The molecule has 0 unspecified atom stereocenters. The first-order valence-corrected chi connectivity index (χ1v) is 8.56. The molecule has 21 heavy (non-hydrogen) atoms. The van der Waals surface area contributed by atoms with Crippen molar-refractivity contribution in [2.24, 2.45) is 0 Å². The molecular weight excluding hydrogens is 314 g/mol. The number of sulfonamides is 1. The van der Waals surface area contributed by atoms with Gasteiger partial charge in [0.05, 0.1) is 36.5 Å². The normalized spacial score (nSPS) is 11.8. The lowest BCUT2D eigenvalue weighted by Crippen LogP contribution is -2.14. The van der Waals surface area contributed by atoms with Gasteiger partial charge in [0.15, 0.2) is 0 Å². The van der Waals surface area contributed by atoms with E-state index >= 15 is 0 Å². The highest BCUT2D eigenvalue weighted by Crippen LogP contribution is 2.28.